The van der Waals surface area contributed by atoms with Crippen LogP contribution in [0.5, 0.6) is 0 Å². The molecule has 2 aromatic heterocycles. The molecule has 0 aliphatic carbocycles. The van der Waals surface area contributed by atoms with Crippen molar-refractivity contribution in [3.8, 4) is 5.82 Å². The third-order valence-corrected chi connectivity index (χ3v) is 3.19. The number of hydrazine groups is 1. The summed E-state index contributed by atoms with van der Waals surface area (Å²) >= 11 is 6.13. The number of hydrogen-bond donors (Lipinski definition) is 2. The van der Waals surface area contributed by atoms with E-state index in [0.29, 0.717) is 22.5 Å². The molecule has 6 nitrogen and oxygen atoms in total. The maximum atomic E-state index is 6.13. The minimum atomic E-state index is 0.556. The minimum absolute atomic E-state index is 0.556. The Hall–Kier alpha value is -1.66. The molecule has 0 saturated carbocycles. The van der Waals surface area contributed by atoms with E-state index in [1.165, 1.54) is 0 Å². The summed E-state index contributed by atoms with van der Waals surface area (Å²) in [6.07, 6.45) is 0.718. The van der Waals surface area contributed by atoms with E-state index in [9.17, 15) is 0 Å². The largest absolute Gasteiger partial charge is 0.308 e. The van der Waals surface area contributed by atoms with Gasteiger partial charge in [0.1, 0.15) is 11.6 Å². The molecule has 0 atom stereocenters. The lowest BCUT2D eigenvalue weighted by molar-refractivity contribution is 0.783. The van der Waals surface area contributed by atoms with E-state index in [4.69, 9.17) is 17.4 Å². The van der Waals surface area contributed by atoms with Crippen molar-refractivity contribution in [2.75, 3.05) is 5.43 Å². The van der Waals surface area contributed by atoms with E-state index in [-0.39, 0.29) is 0 Å². The van der Waals surface area contributed by atoms with Gasteiger partial charge in [0.05, 0.1) is 16.4 Å². The quantitative estimate of drug-likeness (QED) is 0.654. The first-order valence-corrected chi connectivity index (χ1v) is 6.01. The fourth-order valence-electron chi connectivity index (χ4n) is 1.67. The first kappa shape index (κ1) is 12.8. The van der Waals surface area contributed by atoms with Gasteiger partial charge in [0.2, 0.25) is 0 Å². The summed E-state index contributed by atoms with van der Waals surface area (Å²) in [5.41, 5.74) is 4.14. The Kier molecular flexibility index (Phi) is 3.49. The lowest BCUT2D eigenvalue weighted by atomic mass is 10.4. The SMILES string of the molecule is CCc1nc(NN)cc(-n2nc(C)c(Cl)c2C)n1. The summed E-state index contributed by atoms with van der Waals surface area (Å²) in [5, 5.41) is 5.00. The number of nitrogen functional groups attached to an aromatic ring is 1. The van der Waals surface area contributed by atoms with Crippen LogP contribution in [-0.2, 0) is 6.42 Å². The molecule has 0 unspecified atom stereocenters. The van der Waals surface area contributed by atoms with Gasteiger partial charge in [-0.25, -0.2) is 20.5 Å². The summed E-state index contributed by atoms with van der Waals surface area (Å²) in [7, 11) is 0. The molecule has 2 rings (SSSR count). The molecule has 96 valence electrons. The van der Waals surface area contributed by atoms with Crippen LogP contribution in [-0.4, -0.2) is 19.7 Å². The van der Waals surface area contributed by atoms with Crippen molar-refractivity contribution in [2.24, 2.45) is 5.84 Å². The number of rotatable bonds is 3. The molecule has 0 saturated heterocycles. The summed E-state index contributed by atoms with van der Waals surface area (Å²) in [6.45, 7) is 5.73. The van der Waals surface area contributed by atoms with Crippen molar-refractivity contribution < 1.29 is 0 Å². The van der Waals surface area contributed by atoms with Crippen LogP contribution in [0.25, 0.3) is 5.82 Å². The molecule has 0 bridgehead atoms. The van der Waals surface area contributed by atoms with Crippen LogP contribution >= 0.6 is 11.6 Å². The Balaban J connectivity index is 2.59. The second kappa shape index (κ2) is 4.91. The predicted octanol–water partition coefficient (Wildman–Crippen LogP) is 1.78. The molecule has 2 aromatic rings. The fourth-order valence-corrected chi connectivity index (χ4v) is 1.79. The van der Waals surface area contributed by atoms with E-state index in [1.54, 1.807) is 10.7 Å². The van der Waals surface area contributed by atoms with E-state index in [2.05, 4.69) is 20.5 Å². The van der Waals surface area contributed by atoms with Gasteiger partial charge < -0.3 is 5.43 Å². The van der Waals surface area contributed by atoms with Gasteiger partial charge in [0, 0.05) is 12.5 Å². The molecular formula is C11H15ClN6. The maximum absolute atomic E-state index is 6.13. The number of aryl methyl sites for hydroxylation is 2. The molecular weight excluding hydrogens is 252 g/mol. The van der Waals surface area contributed by atoms with Crippen molar-refractivity contribution in [3.05, 3.63) is 28.3 Å². The highest BCUT2D eigenvalue weighted by molar-refractivity contribution is 6.31. The third kappa shape index (κ3) is 2.16. The van der Waals surface area contributed by atoms with E-state index in [0.717, 1.165) is 17.8 Å². The van der Waals surface area contributed by atoms with Crippen LogP contribution in [0.1, 0.15) is 24.1 Å². The molecule has 0 amide bonds. The smallest absolute Gasteiger partial charge is 0.159 e. The zero-order chi connectivity index (χ0) is 13.3. The van der Waals surface area contributed by atoms with Crippen molar-refractivity contribution in [1.82, 2.24) is 19.7 Å². The van der Waals surface area contributed by atoms with Gasteiger partial charge in [-0.15, -0.1) is 0 Å². The topological polar surface area (TPSA) is 81.6 Å². The zero-order valence-electron chi connectivity index (χ0n) is 10.5. The summed E-state index contributed by atoms with van der Waals surface area (Å²) in [6, 6.07) is 1.73. The van der Waals surface area contributed by atoms with Gasteiger partial charge in [0.25, 0.3) is 0 Å². The number of nitrogens with two attached hydrogens (primary N) is 1. The van der Waals surface area contributed by atoms with Crippen LogP contribution in [0.15, 0.2) is 6.07 Å². The third-order valence-electron chi connectivity index (χ3n) is 2.64. The average Bonchev–Trinajstić information content (AvgIpc) is 2.65. The summed E-state index contributed by atoms with van der Waals surface area (Å²) in [4.78, 5) is 8.65. The highest BCUT2D eigenvalue weighted by Gasteiger charge is 2.13. The van der Waals surface area contributed by atoms with Crippen LogP contribution in [0.2, 0.25) is 5.02 Å². The molecule has 18 heavy (non-hydrogen) atoms. The lowest BCUT2D eigenvalue weighted by Gasteiger charge is -2.07. The molecule has 0 radical (unpaired) electrons. The van der Waals surface area contributed by atoms with Crippen molar-refractivity contribution in [3.63, 3.8) is 0 Å². The number of halogens is 1. The average molecular weight is 267 g/mol. The Bertz CT molecular complexity index is 555. The molecule has 2 heterocycles. The molecule has 0 aromatic carbocycles. The molecule has 0 aliphatic heterocycles. The Morgan fingerprint density at radius 1 is 1.39 bits per heavy atom. The Labute approximate surface area is 110 Å². The second-order valence-electron chi connectivity index (χ2n) is 3.92. The number of anilines is 1. The predicted molar refractivity (Wildman–Crippen MR) is 70.8 cm³/mol. The molecule has 3 N–H and O–H groups in total. The Morgan fingerprint density at radius 2 is 2.11 bits per heavy atom. The summed E-state index contributed by atoms with van der Waals surface area (Å²) < 4.78 is 1.69. The van der Waals surface area contributed by atoms with Crippen molar-refractivity contribution in [2.45, 2.75) is 27.2 Å². The zero-order valence-corrected chi connectivity index (χ0v) is 11.3. The first-order valence-electron chi connectivity index (χ1n) is 5.63. The van der Waals surface area contributed by atoms with Gasteiger partial charge in [0.15, 0.2) is 5.82 Å². The maximum Gasteiger partial charge on any atom is 0.159 e. The van der Waals surface area contributed by atoms with Gasteiger partial charge >= 0.3 is 0 Å². The van der Waals surface area contributed by atoms with Gasteiger partial charge in [-0.1, -0.05) is 18.5 Å². The standard InChI is InChI=1S/C11H15ClN6/c1-4-8-14-9(16-13)5-10(15-8)18-7(3)11(12)6(2)17-18/h5H,4,13H2,1-3H3,(H,14,15,16). The van der Waals surface area contributed by atoms with Crippen LogP contribution in [0, 0.1) is 13.8 Å². The van der Waals surface area contributed by atoms with Crippen molar-refractivity contribution in [1.29, 1.82) is 0 Å². The number of hydrogen-bond acceptors (Lipinski definition) is 5. The van der Waals surface area contributed by atoms with E-state index >= 15 is 0 Å². The van der Waals surface area contributed by atoms with Gasteiger partial charge in [-0.05, 0) is 13.8 Å². The van der Waals surface area contributed by atoms with Crippen LogP contribution in [0.4, 0.5) is 5.82 Å². The molecule has 0 fully saturated rings. The highest BCUT2D eigenvalue weighted by Crippen LogP contribution is 2.22. The number of aromatic nitrogens is 4. The molecule has 0 aliphatic rings. The van der Waals surface area contributed by atoms with E-state index < -0.39 is 0 Å². The minimum Gasteiger partial charge on any atom is -0.308 e. The summed E-state index contributed by atoms with van der Waals surface area (Å²) in [5.74, 6) is 7.31. The molecule has 0 spiro atoms. The monoisotopic (exact) mass is 266 g/mol. The van der Waals surface area contributed by atoms with Crippen LogP contribution < -0.4 is 11.3 Å². The second-order valence-corrected chi connectivity index (χ2v) is 4.30. The lowest BCUT2D eigenvalue weighted by Crippen LogP contribution is -2.13. The number of nitrogens with zero attached hydrogens (tertiary/aromatic N) is 4. The van der Waals surface area contributed by atoms with Gasteiger partial charge in [-0.2, -0.15) is 5.10 Å². The molecule has 7 heteroatoms. The normalized spacial score (nSPS) is 10.7. The fraction of sp³-hybridized carbons (Fsp3) is 0.364. The first-order chi connectivity index (χ1) is 8.56. The van der Waals surface area contributed by atoms with Crippen LogP contribution in [0.3, 0.4) is 0 Å². The highest BCUT2D eigenvalue weighted by atomic mass is 35.5. The number of nitrogens with one attached hydrogen (secondary N) is 1. The van der Waals surface area contributed by atoms with E-state index in [1.807, 2.05) is 20.8 Å². The van der Waals surface area contributed by atoms with Gasteiger partial charge in [-0.3, -0.25) is 0 Å². The Morgan fingerprint density at radius 3 is 2.61 bits per heavy atom. The van der Waals surface area contributed by atoms with Crippen molar-refractivity contribution >= 4 is 17.4 Å².